The zero-order valence-electron chi connectivity index (χ0n) is 18.1. The molecule has 0 aliphatic carbocycles. The third-order valence-electron chi connectivity index (χ3n) is 5.43. The van der Waals surface area contributed by atoms with Crippen molar-refractivity contribution in [3.63, 3.8) is 0 Å². The molecule has 162 valence electrons. The second-order valence-corrected chi connectivity index (χ2v) is 7.75. The first-order chi connectivity index (χ1) is 14.8. The van der Waals surface area contributed by atoms with Crippen LogP contribution in [0.1, 0.15) is 36.7 Å². The first-order valence-corrected chi connectivity index (χ1v) is 10.3. The van der Waals surface area contributed by atoms with Crippen LogP contribution in [0.2, 0.25) is 0 Å². The van der Waals surface area contributed by atoms with Gasteiger partial charge < -0.3 is 0 Å². The molecular formula is C22H25FN6O2. The smallest absolute Gasteiger partial charge is 0.298 e. The summed E-state index contributed by atoms with van der Waals surface area (Å²) in [6.45, 7) is 6.14. The van der Waals surface area contributed by atoms with Gasteiger partial charge in [0, 0.05) is 24.8 Å². The van der Waals surface area contributed by atoms with Gasteiger partial charge in [0.15, 0.2) is 11.2 Å². The Hall–Kier alpha value is -3.49. The quantitative estimate of drug-likeness (QED) is 0.477. The Balaban J connectivity index is 2.07. The number of unbranched alkanes of at least 4 members (excludes halogenated alkanes) is 1. The SMILES string of the molecule is CCCCn1c(=O)c2c(nc(-n3nc(C)cc3C)n2Cc2ccccc2F)n(C)c1=O. The van der Waals surface area contributed by atoms with E-state index in [0.717, 1.165) is 17.8 Å². The molecule has 0 atom stereocenters. The van der Waals surface area contributed by atoms with Crippen LogP contribution in [0, 0.1) is 19.7 Å². The molecule has 0 aliphatic rings. The number of imidazole rings is 1. The molecule has 0 N–H and O–H groups in total. The first kappa shape index (κ1) is 20.8. The van der Waals surface area contributed by atoms with Gasteiger partial charge in [-0.25, -0.2) is 13.9 Å². The largest absolute Gasteiger partial charge is 0.332 e. The Kier molecular flexibility index (Phi) is 5.34. The van der Waals surface area contributed by atoms with Crippen molar-refractivity contribution in [1.29, 1.82) is 0 Å². The average Bonchev–Trinajstić information content (AvgIpc) is 3.27. The summed E-state index contributed by atoms with van der Waals surface area (Å²) in [7, 11) is 1.60. The maximum atomic E-state index is 14.5. The molecule has 0 fully saturated rings. The van der Waals surface area contributed by atoms with Crippen LogP contribution in [0.25, 0.3) is 17.1 Å². The van der Waals surface area contributed by atoms with Gasteiger partial charge in [-0.2, -0.15) is 10.1 Å². The lowest BCUT2D eigenvalue weighted by Gasteiger charge is -2.12. The number of hydrogen-bond donors (Lipinski definition) is 0. The Bertz CT molecular complexity index is 1390. The standard InChI is InChI=1S/C22H25FN6O2/c1-5-6-11-27-20(30)18-19(26(4)22(27)31)24-21(29-15(3)12-14(2)25-29)28(18)13-16-9-7-8-10-17(16)23/h7-10,12H,5-6,11,13H2,1-4H3. The zero-order valence-corrected chi connectivity index (χ0v) is 18.1. The van der Waals surface area contributed by atoms with Gasteiger partial charge >= 0.3 is 5.69 Å². The van der Waals surface area contributed by atoms with E-state index in [0.29, 0.717) is 24.5 Å². The fourth-order valence-electron chi connectivity index (χ4n) is 3.81. The topological polar surface area (TPSA) is 79.6 Å². The molecule has 4 aromatic rings. The average molecular weight is 424 g/mol. The van der Waals surface area contributed by atoms with E-state index >= 15 is 0 Å². The van der Waals surface area contributed by atoms with E-state index in [2.05, 4.69) is 10.1 Å². The number of halogens is 1. The summed E-state index contributed by atoms with van der Waals surface area (Å²) in [6, 6.07) is 8.31. The number of nitrogens with zero attached hydrogens (tertiary/aromatic N) is 6. The molecule has 0 saturated carbocycles. The predicted molar refractivity (Wildman–Crippen MR) is 116 cm³/mol. The highest BCUT2D eigenvalue weighted by atomic mass is 19.1. The number of fused-ring (bicyclic) bond motifs is 1. The minimum Gasteiger partial charge on any atom is -0.298 e. The Morgan fingerprint density at radius 3 is 2.48 bits per heavy atom. The number of aryl methyl sites for hydroxylation is 3. The maximum absolute atomic E-state index is 14.5. The molecular weight excluding hydrogens is 399 g/mol. The summed E-state index contributed by atoms with van der Waals surface area (Å²) >= 11 is 0. The number of aromatic nitrogens is 6. The lowest BCUT2D eigenvalue weighted by Crippen LogP contribution is -2.39. The van der Waals surface area contributed by atoms with Crippen molar-refractivity contribution in [2.75, 3.05) is 0 Å². The molecule has 3 aromatic heterocycles. The second kappa shape index (κ2) is 7.98. The molecule has 0 radical (unpaired) electrons. The van der Waals surface area contributed by atoms with Gasteiger partial charge in [0.25, 0.3) is 5.56 Å². The summed E-state index contributed by atoms with van der Waals surface area (Å²) in [5.74, 6) is -0.0102. The fraction of sp³-hybridized carbons (Fsp3) is 0.364. The number of rotatable bonds is 6. The van der Waals surface area contributed by atoms with Gasteiger partial charge in [-0.15, -0.1) is 0 Å². The van der Waals surface area contributed by atoms with Crippen LogP contribution in [-0.4, -0.2) is 28.5 Å². The second-order valence-electron chi connectivity index (χ2n) is 7.75. The Morgan fingerprint density at radius 1 is 1.10 bits per heavy atom. The van der Waals surface area contributed by atoms with Crippen LogP contribution in [-0.2, 0) is 20.1 Å². The molecule has 0 amide bonds. The third-order valence-corrected chi connectivity index (χ3v) is 5.43. The summed E-state index contributed by atoms with van der Waals surface area (Å²) < 4.78 is 20.4. The van der Waals surface area contributed by atoms with Crippen molar-refractivity contribution in [3.8, 4) is 5.95 Å². The van der Waals surface area contributed by atoms with Crippen molar-refractivity contribution in [2.45, 2.75) is 46.7 Å². The highest BCUT2D eigenvalue weighted by Crippen LogP contribution is 2.20. The normalized spacial score (nSPS) is 11.5. The molecule has 0 saturated heterocycles. The first-order valence-electron chi connectivity index (χ1n) is 10.3. The van der Waals surface area contributed by atoms with Crippen LogP contribution in [0.4, 0.5) is 4.39 Å². The van der Waals surface area contributed by atoms with Crippen LogP contribution < -0.4 is 11.2 Å². The monoisotopic (exact) mass is 424 g/mol. The highest BCUT2D eigenvalue weighted by molar-refractivity contribution is 5.73. The third kappa shape index (κ3) is 3.49. The number of hydrogen-bond acceptors (Lipinski definition) is 4. The van der Waals surface area contributed by atoms with E-state index in [1.165, 1.54) is 15.2 Å². The van der Waals surface area contributed by atoms with E-state index in [1.54, 1.807) is 34.5 Å². The molecule has 31 heavy (non-hydrogen) atoms. The lowest BCUT2D eigenvalue weighted by atomic mass is 10.2. The van der Waals surface area contributed by atoms with Gasteiger partial charge in [-0.1, -0.05) is 31.5 Å². The van der Waals surface area contributed by atoms with Crippen LogP contribution >= 0.6 is 0 Å². The Labute approximate surface area is 178 Å². The lowest BCUT2D eigenvalue weighted by molar-refractivity contribution is 0.563. The molecule has 1 aromatic carbocycles. The van der Waals surface area contributed by atoms with Crippen molar-refractivity contribution >= 4 is 11.2 Å². The van der Waals surface area contributed by atoms with Gasteiger partial charge in [-0.3, -0.25) is 18.5 Å². The summed E-state index contributed by atoms with van der Waals surface area (Å²) in [5.41, 5.74) is 1.68. The Morgan fingerprint density at radius 2 is 1.84 bits per heavy atom. The molecule has 3 heterocycles. The summed E-state index contributed by atoms with van der Waals surface area (Å²) in [6.07, 6.45) is 1.55. The van der Waals surface area contributed by atoms with E-state index in [1.807, 2.05) is 26.8 Å². The van der Waals surface area contributed by atoms with Crippen molar-refractivity contribution in [3.05, 3.63) is 73.9 Å². The van der Waals surface area contributed by atoms with Crippen LogP contribution in [0.3, 0.4) is 0 Å². The predicted octanol–water partition coefficient (Wildman–Crippen LogP) is 2.69. The summed E-state index contributed by atoms with van der Waals surface area (Å²) in [5, 5.41) is 4.50. The van der Waals surface area contributed by atoms with Crippen molar-refractivity contribution in [1.82, 2.24) is 28.5 Å². The van der Waals surface area contributed by atoms with Gasteiger partial charge in [0.1, 0.15) is 5.82 Å². The van der Waals surface area contributed by atoms with Gasteiger partial charge in [-0.05, 0) is 32.4 Å². The van der Waals surface area contributed by atoms with E-state index < -0.39 is 11.2 Å². The fourth-order valence-corrected chi connectivity index (χ4v) is 3.81. The van der Waals surface area contributed by atoms with Crippen LogP contribution in [0.5, 0.6) is 0 Å². The van der Waals surface area contributed by atoms with Crippen molar-refractivity contribution < 1.29 is 4.39 Å². The van der Waals surface area contributed by atoms with Crippen LogP contribution in [0.15, 0.2) is 39.9 Å². The minimum atomic E-state index is -0.428. The summed E-state index contributed by atoms with van der Waals surface area (Å²) in [4.78, 5) is 30.9. The molecule has 0 unspecified atom stereocenters. The molecule has 0 spiro atoms. The maximum Gasteiger partial charge on any atom is 0.332 e. The van der Waals surface area contributed by atoms with Gasteiger partial charge in [0.2, 0.25) is 5.95 Å². The molecule has 0 aliphatic heterocycles. The molecule has 0 bridgehead atoms. The van der Waals surface area contributed by atoms with E-state index in [9.17, 15) is 14.0 Å². The zero-order chi connectivity index (χ0) is 22.3. The number of benzene rings is 1. The molecule has 9 heteroatoms. The van der Waals surface area contributed by atoms with Gasteiger partial charge in [0.05, 0.1) is 12.2 Å². The molecule has 4 rings (SSSR count). The van der Waals surface area contributed by atoms with E-state index in [-0.39, 0.29) is 23.5 Å². The van der Waals surface area contributed by atoms with Crippen molar-refractivity contribution in [2.24, 2.45) is 7.05 Å². The van der Waals surface area contributed by atoms with E-state index in [4.69, 9.17) is 0 Å². The highest BCUT2D eigenvalue weighted by Gasteiger charge is 2.23. The minimum absolute atomic E-state index is 0.0814. The molecule has 8 nitrogen and oxygen atoms in total.